The third-order valence-corrected chi connectivity index (χ3v) is 2.75. The topological polar surface area (TPSA) is 37.3 Å². The van der Waals surface area contributed by atoms with E-state index in [2.05, 4.69) is 15.9 Å². The van der Waals surface area contributed by atoms with Crippen LogP contribution >= 0.6 is 15.9 Å². The molecule has 1 N–H and O–H groups in total. The van der Waals surface area contributed by atoms with Crippen molar-refractivity contribution in [1.82, 2.24) is 0 Å². The third kappa shape index (κ3) is 4.47. The van der Waals surface area contributed by atoms with Crippen LogP contribution in [0.15, 0.2) is 28.7 Å². The smallest absolute Gasteiger partial charge is 0.303 e. The van der Waals surface area contributed by atoms with Crippen LogP contribution < -0.4 is 0 Å². The van der Waals surface area contributed by atoms with Gasteiger partial charge in [-0.15, -0.1) is 0 Å². The largest absolute Gasteiger partial charge is 0.481 e. The van der Waals surface area contributed by atoms with Gasteiger partial charge in [-0.1, -0.05) is 41.9 Å². The van der Waals surface area contributed by atoms with E-state index in [0.717, 1.165) is 10.9 Å². The summed E-state index contributed by atoms with van der Waals surface area (Å²) in [6.45, 7) is 3.95. The maximum atomic E-state index is 10.7. The Morgan fingerprint density at radius 3 is 2.33 bits per heavy atom. The van der Waals surface area contributed by atoms with E-state index in [0.29, 0.717) is 0 Å². The second-order valence-electron chi connectivity index (χ2n) is 4.54. The van der Waals surface area contributed by atoms with E-state index in [-0.39, 0.29) is 11.8 Å². The molecule has 0 radical (unpaired) electrons. The molecule has 0 amide bonds. The molecule has 2 nitrogen and oxygen atoms in total. The van der Waals surface area contributed by atoms with E-state index in [1.54, 1.807) is 0 Å². The standard InChI is InChI=1S/C12H15BrO2/c1-12(2,8-11(14)15)7-9-3-5-10(13)6-4-9/h3-6H,7-8H2,1-2H3,(H,14,15). The molecule has 0 aliphatic heterocycles. The molecule has 0 spiro atoms. The van der Waals surface area contributed by atoms with Gasteiger partial charge in [0.1, 0.15) is 0 Å². The van der Waals surface area contributed by atoms with Gasteiger partial charge in [-0.05, 0) is 29.5 Å². The predicted molar refractivity (Wildman–Crippen MR) is 63.9 cm³/mol. The minimum atomic E-state index is -0.739. The summed E-state index contributed by atoms with van der Waals surface area (Å²) in [5, 5.41) is 8.76. The lowest BCUT2D eigenvalue weighted by molar-refractivity contribution is -0.139. The van der Waals surface area contributed by atoms with E-state index < -0.39 is 5.97 Å². The van der Waals surface area contributed by atoms with Gasteiger partial charge in [-0.25, -0.2) is 0 Å². The molecule has 0 saturated carbocycles. The summed E-state index contributed by atoms with van der Waals surface area (Å²) < 4.78 is 1.04. The first-order valence-electron chi connectivity index (χ1n) is 4.85. The SMILES string of the molecule is CC(C)(CC(=O)O)Cc1ccc(Br)cc1. The van der Waals surface area contributed by atoms with Crippen molar-refractivity contribution >= 4 is 21.9 Å². The quantitative estimate of drug-likeness (QED) is 0.910. The highest BCUT2D eigenvalue weighted by molar-refractivity contribution is 9.10. The van der Waals surface area contributed by atoms with E-state index in [1.165, 1.54) is 5.56 Å². The number of carbonyl (C=O) groups is 1. The fraction of sp³-hybridized carbons (Fsp3) is 0.417. The van der Waals surface area contributed by atoms with Crippen LogP contribution in [0.1, 0.15) is 25.8 Å². The predicted octanol–water partition coefficient (Wildman–Crippen LogP) is 3.49. The van der Waals surface area contributed by atoms with Gasteiger partial charge in [0.25, 0.3) is 0 Å². The summed E-state index contributed by atoms with van der Waals surface area (Å²) in [6, 6.07) is 8.00. The van der Waals surface area contributed by atoms with Gasteiger partial charge in [0.2, 0.25) is 0 Å². The number of carboxylic acid groups (broad SMARTS) is 1. The number of aliphatic carboxylic acids is 1. The van der Waals surface area contributed by atoms with Gasteiger partial charge in [-0.3, -0.25) is 4.79 Å². The Bertz CT molecular complexity index is 341. The maximum Gasteiger partial charge on any atom is 0.303 e. The van der Waals surface area contributed by atoms with E-state index >= 15 is 0 Å². The number of benzene rings is 1. The fourth-order valence-electron chi connectivity index (χ4n) is 1.63. The van der Waals surface area contributed by atoms with Crippen molar-refractivity contribution in [2.75, 3.05) is 0 Å². The summed E-state index contributed by atoms with van der Waals surface area (Å²) in [7, 11) is 0. The molecule has 0 bridgehead atoms. The second-order valence-corrected chi connectivity index (χ2v) is 5.45. The summed E-state index contributed by atoms with van der Waals surface area (Å²) in [4.78, 5) is 10.7. The number of rotatable bonds is 4. The molecule has 0 atom stereocenters. The molecule has 0 aromatic heterocycles. The van der Waals surface area contributed by atoms with Crippen LogP contribution in [0.5, 0.6) is 0 Å². The average Bonchev–Trinajstić information content (AvgIpc) is 2.06. The Morgan fingerprint density at radius 1 is 1.33 bits per heavy atom. The van der Waals surface area contributed by atoms with Crippen molar-refractivity contribution in [3.63, 3.8) is 0 Å². The molecule has 0 saturated heterocycles. The highest BCUT2D eigenvalue weighted by Gasteiger charge is 2.21. The number of hydrogen-bond acceptors (Lipinski definition) is 1. The summed E-state index contributed by atoms with van der Waals surface area (Å²) in [5.41, 5.74) is 0.976. The lowest BCUT2D eigenvalue weighted by Gasteiger charge is -2.22. The van der Waals surface area contributed by atoms with Crippen molar-refractivity contribution < 1.29 is 9.90 Å². The first-order chi connectivity index (χ1) is 6.89. The van der Waals surface area contributed by atoms with Crippen molar-refractivity contribution in [3.8, 4) is 0 Å². The first kappa shape index (κ1) is 12.2. The Labute approximate surface area is 98.4 Å². The molecule has 0 heterocycles. The van der Waals surface area contributed by atoms with Crippen LogP contribution in [-0.4, -0.2) is 11.1 Å². The highest BCUT2D eigenvalue weighted by Crippen LogP contribution is 2.26. The van der Waals surface area contributed by atoms with Gasteiger partial charge in [0.15, 0.2) is 0 Å². The molecule has 1 aromatic rings. The molecule has 0 fully saturated rings. The van der Waals surface area contributed by atoms with Crippen molar-refractivity contribution in [2.45, 2.75) is 26.7 Å². The van der Waals surface area contributed by atoms with Crippen LogP contribution in [0.2, 0.25) is 0 Å². The lowest BCUT2D eigenvalue weighted by atomic mass is 9.83. The van der Waals surface area contributed by atoms with Crippen LogP contribution in [0.3, 0.4) is 0 Å². The van der Waals surface area contributed by atoms with Crippen molar-refractivity contribution in [3.05, 3.63) is 34.3 Å². The second kappa shape index (κ2) is 4.79. The minimum absolute atomic E-state index is 0.195. The van der Waals surface area contributed by atoms with Crippen molar-refractivity contribution in [1.29, 1.82) is 0 Å². The first-order valence-corrected chi connectivity index (χ1v) is 5.65. The summed E-state index contributed by atoms with van der Waals surface area (Å²) >= 11 is 3.37. The zero-order chi connectivity index (χ0) is 11.5. The van der Waals surface area contributed by atoms with Crippen LogP contribution in [0.25, 0.3) is 0 Å². The number of hydrogen-bond donors (Lipinski definition) is 1. The molecule has 1 rings (SSSR count). The zero-order valence-electron chi connectivity index (χ0n) is 8.96. The van der Waals surface area contributed by atoms with Gasteiger partial charge < -0.3 is 5.11 Å². The maximum absolute atomic E-state index is 10.7. The van der Waals surface area contributed by atoms with Gasteiger partial charge in [0, 0.05) is 4.47 Å². The molecule has 1 aromatic carbocycles. The monoisotopic (exact) mass is 270 g/mol. The molecule has 0 aliphatic carbocycles. The van der Waals surface area contributed by atoms with Gasteiger partial charge in [0.05, 0.1) is 6.42 Å². The molecular formula is C12H15BrO2. The Hall–Kier alpha value is -0.830. The molecular weight excluding hydrogens is 256 g/mol. The Morgan fingerprint density at radius 2 is 1.87 bits per heavy atom. The molecule has 0 unspecified atom stereocenters. The molecule has 0 aliphatic rings. The van der Waals surface area contributed by atoms with Crippen LogP contribution in [0.4, 0.5) is 0 Å². The third-order valence-electron chi connectivity index (χ3n) is 2.23. The summed E-state index contributed by atoms with van der Waals surface area (Å²) in [5.74, 6) is -0.739. The molecule has 3 heteroatoms. The highest BCUT2D eigenvalue weighted by atomic mass is 79.9. The van der Waals surface area contributed by atoms with Gasteiger partial charge in [-0.2, -0.15) is 0 Å². The van der Waals surface area contributed by atoms with Gasteiger partial charge >= 0.3 is 5.97 Å². The minimum Gasteiger partial charge on any atom is -0.481 e. The van der Waals surface area contributed by atoms with Crippen LogP contribution in [-0.2, 0) is 11.2 Å². The summed E-state index contributed by atoms with van der Waals surface area (Å²) in [6.07, 6.45) is 0.982. The van der Waals surface area contributed by atoms with E-state index in [9.17, 15) is 4.79 Å². The Kier molecular flexibility index (Phi) is 3.91. The zero-order valence-corrected chi connectivity index (χ0v) is 10.5. The molecule has 82 valence electrons. The van der Waals surface area contributed by atoms with E-state index in [4.69, 9.17) is 5.11 Å². The Balaban J connectivity index is 2.68. The lowest BCUT2D eigenvalue weighted by Crippen LogP contribution is -2.19. The normalized spacial score (nSPS) is 11.4. The average molecular weight is 271 g/mol. The number of carboxylic acids is 1. The van der Waals surface area contributed by atoms with Crippen molar-refractivity contribution in [2.24, 2.45) is 5.41 Å². The van der Waals surface area contributed by atoms with E-state index in [1.807, 2.05) is 38.1 Å². The number of halogens is 1. The van der Waals surface area contributed by atoms with Crippen LogP contribution in [0, 0.1) is 5.41 Å². The fourth-order valence-corrected chi connectivity index (χ4v) is 1.89. The molecule has 15 heavy (non-hydrogen) atoms.